The molecule has 180 valence electrons. The zero-order valence-corrected chi connectivity index (χ0v) is 18.6. The highest BCUT2D eigenvalue weighted by Crippen LogP contribution is 2.31. The molecule has 1 aromatic rings. The number of aliphatic hydroxyl groups is 1. The highest BCUT2D eigenvalue weighted by molar-refractivity contribution is 5.89. The van der Waals surface area contributed by atoms with Crippen LogP contribution in [0.5, 0.6) is 5.75 Å². The minimum absolute atomic E-state index is 0.0164. The molecule has 2 N–H and O–H groups in total. The Kier molecular flexibility index (Phi) is 10.4. The quantitative estimate of drug-likeness (QED) is 0.345. The van der Waals surface area contributed by atoms with E-state index in [1.807, 2.05) is 25.2 Å². The molecule has 1 aromatic carbocycles. The highest BCUT2D eigenvalue weighted by atomic mass is 19.4. The summed E-state index contributed by atoms with van der Waals surface area (Å²) in [4.78, 5) is 23.6. The third-order valence-electron chi connectivity index (χ3n) is 5.11. The van der Waals surface area contributed by atoms with Crippen molar-refractivity contribution < 1.29 is 32.6 Å². The summed E-state index contributed by atoms with van der Waals surface area (Å²) in [6.45, 7) is 2.28. The van der Waals surface area contributed by atoms with Gasteiger partial charge in [-0.05, 0) is 50.0 Å². The minimum atomic E-state index is -4.47. The number of Topliss-reactive ketones (excluding diaryl/α,β-unsaturated/α-hetero) is 1. The molecule has 2 rings (SSSR count). The summed E-state index contributed by atoms with van der Waals surface area (Å²) in [5.74, 6) is -0.153. The Balaban J connectivity index is 1.80. The zero-order chi connectivity index (χ0) is 24.3. The van der Waals surface area contributed by atoms with E-state index in [9.17, 15) is 27.9 Å². The Labute approximate surface area is 192 Å². The van der Waals surface area contributed by atoms with Gasteiger partial charge in [0.15, 0.2) is 0 Å². The molecule has 8 heteroatoms. The Bertz CT molecular complexity index is 890. The molecule has 1 aliphatic carbocycles. The second-order valence-corrected chi connectivity index (χ2v) is 7.74. The first kappa shape index (κ1) is 26.4. The van der Waals surface area contributed by atoms with Crippen LogP contribution in [0, 0.1) is 5.92 Å². The van der Waals surface area contributed by atoms with E-state index < -0.39 is 17.8 Å². The number of hydrogen-bond acceptors (Lipinski definition) is 4. The van der Waals surface area contributed by atoms with Crippen molar-refractivity contribution in [2.45, 2.75) is 51.3 Å². The maximum atomic E-state index is 12.8. The van der Waals surface area contributed by atoms with Gasteiger partial charge in [-0.15, -0.1) is 0 Å². The molecule has 2 atom stereocenters. The fraction of sp³-hybridized carbons (Fsp3) is 0.440. The van der Waals surface area contributed by atoms with Crippen LogP contribution in [0.15, 0.2) is 60.2 Å². The number of alkyl halides is 3. The van der Waals surface area contributed by atoms with Crippen molar-refractivity contribution in [1.82, 2.24) is 5.32 Å². The summed E-state index contributed by atoms with van der Waals surface area (Å²) in [6, 6.07) is 4.47. The Morgan fingerprint density at radius 1 is 1.33 bits per heavy atom. The summed E-state index contributed by atoms with van der Waals surface area (Å²) in [5, 5.41) is 12.9. The van der Waals surface area contributed by atoms with Crippen LogP contribution in [-0.2, 0) is 15.8 Å². The molecule has 1 unspecified atom stereocenters. The minimum Gasteiger partial charge on any atom is -0.491 e. The molecular weight excluding hydrogens is 435 g/mol. The van der Waals surface area contributed by atoms with Crippen molar-refractivity contribution in [2.75, 3.05) is 13.2 Å². The lowest BCUT2D eigenvalue weighted by atomic mass is 9.95. The lowest BCUT2D eigenvalue weighted by Crippen LogP contribution is -2.21. The third-order valence-corrected chi connectivity index (χ3v) is 5.11. The molecule has 33 heavy (non-hydrogen) atoms. The number of allylic oxidation sites excluding steroid dienone is 5. The van der Waals surface area contributed by atoms with Crippen molar-refractivity contribution in [2.24, 2.45) is 5.92 Å². The van der Waals surface area contributed by atoms with Crippen LogP contribution in [-0.4, -0.2) is 36.1 Å². The number of ketones is 1. The van der Waals surface area contributed by atoms with Gasteiger partial charge >= 0.3 is 6.18 Å². The maximum absolute atomic E-state index is 12.8. The van der Waals surface area contributed by atoms with E-state index in [1.165, 1.54) is 18.2 Å². The summed E-state index contributed by atoms with van der Waals surface area (Å²) in [6.07, 6.45) is 6.15. The molecule has 0 aliphatic heterocycles. The van der Waals surface area contributed by atoms with Gasteiger partial charge in [0.05, 0.1) is 5.56 Å². The van der Waals surface area contributed by atoms with Gasteiger partial charge in [-0.1, -0.05) is 36.4 Å². The standard InChI is InChI=1S/C25H30F3NO4/c1-2-29-24(32)11-6-4-3-5-10-22-18(13-15-23(22)31)12-14-20(30)17-33-21-9-7-8-19(16-21)25(26,27)28/h3,5,7-9,12-14,16,20,22,30H,2,4,6,10-11,15,17H2,1H3,(H,29,32)/t20?,22-/m1/s1. The number of carbonyl (C=O) groups excluding carboxylic acids is 2. The zero-order valence-electron chi connectivity index (χ0n) is 18.6. The Hall–Kier alpha value is -2.87. The van der Waals surface area contributed by atoms with Crippen molar-refractivity contribution in [3.63, 3.8) is 0 Å². The molecule has 0 spiro atoms. The van der Waals surface area contributed by atoms with Gasteiger partial charge in [-0.2, -0.15) is 13.2 Å². The molecule has 0 aromatic heterocycles. The second kappa shape index (κ2) is 13.0. The first-order valence-electron chi connectivity index (χ1n) is 11.0. The SMILES string of the molecule is CCNC(=O)CCCC=CC[C@H]1C(=O)CC=C1C=CC(O)COc1cccc(C(F)(F)F)c1. The number of rotatable bonds is 12. The van der Waals surface area contributed by atoms with Crippen LogP contribution in [0.4, 0.5) is 13.2 Å². The molecule has 1 aliphatic rings. The number of aliphatic hydroxyl groups excluding tert-OH is 1. The largest absolute Gasteiger partial charge is 0.491 e. The number of ether oxygens (including phenoxy) is 1. The van der Waals surface area contributed by atoms with Gasteiger partial charge < -0.3 is 15.2 Å². The lowest BCUT2D eigenvalue weighted by Gasteiger charge is -2.12. The van der Waals surface area contributed by atoms with Crippen LogP contribution in [0.25, 0.3) is 0 Å². The normalized spacial score (nSPS) is 17.5. The smallest absolute Gasteiger partial charge is 0.416 e. The molecule has 0 saturated carbocycles. The van der Waals surface area contributed by atoms with Crippen LogP contribution in [0.2, 0.25) is 0 Å². The number of carbonyl (C=O) groups is 2. The highest BCUT2D eigenvalue weighted by Gasteiger charge is 2.30. The first-order valence-corrected chi connectivity index (χ1v) is 11.0. The summed E-state index contributed by atoms with van der Waals surface area (Å²) >= 11 is 0. The number of amides is 1. The second-order valence-electron chi connectivity index (χ2n) is 7.74. The third kappa shape index (κ3) is 9.26. The molecule has 0 saturated heterocycles. The molecule has 0 bridgehead atoms. The average molecular weight is 466 g/mol. The molecule has 0 radical (unpaired) electrons. The number of hydrogen-bond donors (Lipinski definition) is 2. The Morgan fingerprint density at radius 2 is 2.12 bits per heavy atom. The monoisotopic (exact) mass is 465 g/mol. The van der Waals surface area contributed by atoms with E-state index in [4.69, 9.17) is 4.74 Å². The van der Waals surface area contributed by atoms with E-state index in [1.54, 1.807) is 6.08 Å². The molecule has 5 nitrogen and oxygen atoms in total. The van der Waals surface area contributed by atoms with Gasteiger partial charge in [0.25, 0.3) is 0 Å². The van der Waals surface area contributed by atoms with Crippen LogP contribution >= 0.6 is 0 Å². The van der Waals surface area contributed by atoms with E-state index in [2.05, 4.69) is 5.32 Å². The fourth-order valence-corrected chi connectivity index (χ4v) is 3.38. The molecule has 0 heterocycles. The van der Waals surface area contributed by atoms with Gasteiger partial charge in [0.2, 0.25) is 5.91 Å². The number of nitrogens with one attached hydrogen (secondary N) is 1. The maximum Gasteiger partial charge on any atom is 0.416 e. The molecule has 1 amide bonds. The predicted octanol–water partition coefficient (Wildman–Crippen LogP) is 4.77. The number of benzene rings is 1. The van der Waals surface area contributed by atoms with E-state index >= 15 is 0 Å². The lowest BCUT2D eigenvalue weighted by molar-refractivity contribution is -0.137. The van der Waals surface area contributed by atoms with Gasteiger partial charge in [-0.25, -0.2) is 0 Å². The molecular formula is C25H30F3NO4. The topological polar surface area (TPSA) is 75.6 Å². The average Bonchev–Trinajstić information content (AvgIpc) is 3.12. The van der Waals surface area contributed by atoms with Crippen LogP contribution < -0.4 is 10.1 Å². The first-order chi connectivity index (χ1) is 15.7. The fourth-order valence-electron chi connectivity index (χ4n) is 3.38. The van der Waals surface area contributed by atoms with Gasteiger partial charge in [0.1, 0.15) is 24.2 Å². The van der Waals surface area contributed by atoms with Gasteiger partial charge in [0, 0.05) is 25.3 Å². The number of unbranched alkanes of at least 4 members (excludes halogenated alkanes) is 1. The van der Waals surface area contributed by atoms with Crippen LogP contribution in [0.1, 0.15) is 44.6 Å². The summed E-state index contributed by atoms with van der Waals surface area (Å²) in [5.41, 5.74) is -0.0233. The van der Waals surface area contributed by atoms with E-state index in [0.717, 1.165) is 30.5 Å². The predicted molar refractivity (Wildman–Crippen MR) is 120 cm³/mol. The Morgan fingerprint density at radius 3 is 2.85 bits per heavy atom. The van der Waals surface area contributed by atoms with E-state index in [-0.39, 0.29) is 30.0 Å². The molecule has 0 fully saturated rings. The van der Waals surface area contributed by atoms with Crippen molar-refractivity contribution >= 4 is 11.7 Å². The summed E-state index contributed by atoms with van der Waals surface area (Å²) < 4.78 is 43.6. The van der Waals surface area contributed by atoms with Crippen molar-refractivity contribution in [3.8, 4) is 5.75 Å². The van der Waals surface area contributed by atoms with Gasteiger partial charge in [-0.3, -0.25) is 9.59 Å². The number of halogens is 3. The van der Waals surface area contributed by atoms with Crippen LogP contribution in [0.3, 0.4) is 0 Å². The summed E-state index contributed by atoms with van der Waals surface area (Å²) in [7, 11) is 0. The van der Waals surface area contributed by atoms with Crippen molar-refractivity contribution in [1.29, 1.82) is 0 Å². The van der Waals surface area contributed by atoms with E-state index in [0.29, 0.717) is 25.8 Å². The van der Waals surface area contributed by atoms with Crippen molar-refractivity contribution in [3.05, 3.63) is 65.8 Å².